The molecule has 0 aliphatic carbocycles. The molecule has 0 aromatic heterocycles. The zero-order chi connectivity index (χ0) is 15.3. The van der Waals surface area contributed by atoms with Gasteiger partial charge in [0.05, 0.1) is 16.4 Å². The van der Waals surface area contributed by atoms with E-state index >= 15 is 0 Å². The van der Waals surface area contributed by atoms with Gasteiger partial charge < -0.3 is 10.1 Å². The van der Waals surface area contributed by atoms with Crippen LogP contribution in [0.1, 0.15) is 10.4 Å². The smallest absolute Gasteiger partial charge is 0.271 e. The summed E-state index contributed by atoms with van der Waals surface area (Å²) in [7, 11) is -2.71. The van der Waals surface area contributed by atoms with E-state index in [2.05, 4.69) is 5.32 Å². The summed E-state index contributed by atoms with van der Waals surface area (Å²) in [5.41, 5.74) is -0.701. The molecule has 1 amide bonds. The number of nitrogens with one attached hydrogen (secondary N) is 1. The van der Waals surface area contributed by atoms with Crippen LogP contribution in [0.4, 0.5) is 5.69 Å². The van der Waals surface area contributed by atoms with Gasteiger partial charge in [0.1, 0.15) is 0 Å². The monoisotopic (exact) mass is 303 g/mol. The number of primary sulfonamides is 1. The quantitative estimate of drug-likeness (QED) is 0.416. The molecule has 1 aromatic rings. The highest BCUT2D eigenvalue weighted by Gasteiger charge is 2.19. The molecule has 20 heavy (non-hydrogen) atoms. The first-order valence-electron chi connectivity index (χ1n) is 5.35. The van der Waals surface area contributed by atoms with Crippen molar-refractivity contribution >= 4 is 21.6 Å². The lowest BCUT2D eigenvalue weighted by atomic mass is 10.2. The number of carbonyl (C=O) groups is 1. The maximum absolute atomic E-state index is 11.7. The van der Waals surface area contributed by atoms with Crippen LogP contribution in [0, 0.1) is 10.1 Å². The number of rotatable bonds is 6. The van der Waals surface area contributed by atoms with Gasteiger partial charge in [0.2, 0.25) is 10.0 Å². The van der Waals surface area contributed by atoms with Gasteiger partial charge in [-0.15, -0.1) is 0 Å². The fourth-order valence-electron chi connectivity index (χ4n) is 1.35. The molecule has 0 bridgehead atoms. The van der Waals surface area contributed by atoms with Crippen molar-refractivity contribution < 1.29 is 22.9 Å². The number of nitrogens with two attached hydrogens (primary N) is 1. The molecular formula is C10H13N3O6S. The summed E-state index contributed by atoms with van der Waals surface area (Å²) < 4.78 is 27.2. The summed E-state index contributed by atoms with van der Waals surface area (Å²) in [4.78, 5) is 21.2. The lowest BCUT2D eigenvalue weighted by Crippen LogP contribution is -2.27. The average molecular weight is 303 g/mol. The number of hydrogen-bond donors (Lipinski definition) is 2. The first-order valence-corrected chi connectivity index (χ1v) is 6.89. The van der Waals surface area contributed by atoms with E-state index in [1.807, 2.05) is 0 Å². The lowest BCUT2D eigenvalue weighted by Gasteiger charge is -2.06. The Morgan fingerprint density at radius 3 is 2.60 bits per heavy atom. The molecule has 0 aliphatic heterocycles. The Labute approximate surface area is 114 Å². The van der Waals surface area contributed by atoms with Crippen molar-refractivity contribution in [1.82, 2.24) is 5.32 Å². The van der Waals surface area contributed by atoms with E-state index in [1.165, 1.54) is 7.11 Å². The van der Waals surface area contributed by atoms with E-state index in [1.54, 1.807) is 0 Å². The van der Waals surface area contributed by atoms with Crippen molar-refractivity contribution in [3.63, 3.8) is 0 Å². The van der Waals surface area contributed by atoms with Gasteiger partial charge in [-0.05, 0) is 6.07 Å². The molecule has 9 nitrogen and oxygen atoms in total. The molecule has 0 unspecified atom stereocenters. The summed E-state index contributed by atoms with van der Waals surface area (Å²) in [6.07, 6.45) is 0. The second kappa shape index (κ2) is 6.41. The van der Waals surface area contributed by atoms with Crippen LogP contribution >= 0.6 is 0 Å². The second-order valence-electron chi connectivity index (χ2n) is 3.77. The fraction of sp³-hybridized carbons (Fsp3) is 0.300. The van der Waals surface area contributed by atoms with E-state index in [4.69, 9.17) is 9.88 Å². The Kier molecular flexibility index (Phi) is 5.13. The van der Waals surface area contributed by atoms with Crippen LogP contribution in [-0.4, -0.2) is 39.5 Å². The van der Waals surface area contributed by atoms with Gasteiger partial charge in [-0.3, -0.25) is 14.9 Å². The lowest BCUT2D eigenvalue weighted by molar-refractivity contribution is -0.385. The number of sulfonamides is 1. The number of amides is 1. The van der Waals surface area contributed by atoms with Crippen LogP contribution in [0.15, 0.2) is 23.1 Å². The van der Waals surface area contributed by atoms with E-state index in [-0.39, 0.29) is 18.7 Å². The minimum atomic E-state index is -4.15. The number of non-ortho nitro benzene ring substituents is 1. The second-order valence-corrected chi connectivity index (χ2v) is 5.33. The highest BCUT2D eigenvalue weighted by atomic mass is 32.2. The number of ether oxygens (including phenoxy) is 1. The molecule has 0 aliphatic rings. The Balaban J connectivity index is 3.16. The summed E-state index contributed by atoms with van der Waals surface area (Å²) in [6.45, 7) is 0.436. The normalized spacial score (nSPS) is 11.1. The van der Waals surface area contributed by atoms with Crippen molar-refractivity contribution in [2.75, 3.05) is 20.3 Å². The topological polar surface area (TPSA) is 142 Å². The van der Waals surface area contributed by atoms with Gasteiger partial charge in [0.15, 0.2) is 0 Å². The van der Waals surface area contributed by atoms with Crippen LogP contribution in [-0.2, 0) is 14.8 Å². The van der Waals surface area contributed by atoms with Crippen LogP contribution in [0.3, 0.4) is 0 Å². The maximum Gasteiger partial charge on any atom is 0.271 e. The fourth-order valence-corrected chi connectivity index (χ4v) is 1.93. The zero-order valence-corrected chi connectivity index (χ0v) is 11.3. The number of nitro benzene ring substituents is 1. The Morgan fingerprint density at radius 1 is 1.45 bits per heavy atom. The minimum Gasteiger partial charge on any atom is -0.383 e. The number of nitro groups is 1. The predicted octanol–water partition coefficient (Wildman–Crippen LogP) is -0.382. The first-order chi connectivity index (χ1) is 9.25. The highest BCUT2D eigenvalue weighted by molar-refractivity contribution is 7.89. The third-order valence-electron chi connectivity index (χ3n) is 2.28. The number of hydrogen-bond acceptors (Lipinski definition) is 6. The molecule has 1 aromatic carbocycles. The molecule has 0 atom stereocenters. The van der Waals surface area contributed by atoms with Gasteiger partial charge in [0, 0.05) is 31.4 Å². The summed E-state index contributed by atoms with van der Waals surface area (Å²) in [6, 6.07) is 2.74. The molecule has 0 saturated carbocycles. The van der Waals surface area contributed by atoms with Gasteiger partial charge >= 0.3 is 0 Å². The van der Waals surface area contributed by atoms with E-state index in [0.717, 1.165) is 18.2 Å². The van der Waals surface area contributed by atoms with Crippen molar-refractivity contribution in [3.8, 4) is 0 Å². The van der Waals surface area contributed by atoms with Crippen LogP contribution in [0.5, 0.6) is 0 Å². The van der Waals surface area contributed by atoms with Crippen molar-refractivity contribution in [3.05, 3.63) is 33.9 Å². The SMILES string of the molecule is COCCNC(=O)c1cc([N+](=O)[O-])cc(S(N)(=O)=O)c1. The molecule has 0 radical (unpaired) electrons. The van der Waals surface area contributed by atoms with Crippen molar-refractivity contribution in [1.29, 1.82) is 0 Å². The summed E-state index contributed by atoms with van der Waals surface area (Å²) in [5, 5.41) is 18.1. The van der Waals surface area contributed by atoms with Gasteiger partial charge in [-0.2, -0.15) is 0 Å². The number of carbonyl (C=O) groups excluding carboxylic acids is 1. The zero-order valence-electron chi connectivity index (χ0n) is 10.5. The third kappa shape index (κ3) is 4.26. The third-order valence-corrected chi connectivity index (χ3v) is 3.18. The molecular weight excluding hydrogens is 290 g/mol. The molecule has 1 rings (SSSR count). The highest BCUT2D eigenvalue weighted by Crippen LogP contribution is 2.20. The van der Waals surface area contributed by atoms with Crippen LogP contribution < -0.4 is 10.5 Å². The number of methoxy groups -OCH3 is 1. The van der Waals surface area contributed by atoms with Crippen LogP contribution in [0.2, 0.25) is 0 Å². The number of nitrogens with zero attached hydrogens (tertiary/aromatic N) is 1. The Hall–Kier alpha value is -2.04. The van der Waals surface area contributed by atoms with E-state index in [0.29, 0.717) is 0 Å². The molecule has 0 fully saturated rings. The largest absolute Gasteiger partial charge is 0.383 e. The molecule has 0 heterocycles. The molecule has 110 valence electrons. The minimum absolute atomic E-state index is 0.167. The summed E-state index contributed by atoms with van der Waals surface area (Å²) in [5.74, 6) is -0.657. The number of benzene rings is 1. The molecule has 0 spiro atoms. The Morgan fingerprint density at radius 2 is 2.10 bits per heavy atom. The predicted molar refractivity (Wildman–Crippen MR) is 68.7 cm³/mol. The van der Waals surface area contributed by atoms with Gasteiger partial charge in [0.25, 0.3) is 11.6 Å². The average Bonchev–Trinajstić information content (AvgIpc) is 2.37. The molecule has 0 saturated heterocycles. The van der Waals surface area contributed by atoms with Gasteiger partial charge in [-0.25, -0.2) is 13.6 Å². The first kappa shape index (κ1) is 16.0. The maximum atomic E-state index is 11.7. The standard InChI is InChI=1S/C10H13N3O6S/c1-19-3-2-12-10(14)7-4-8(13(15)16)6-9(5-7)20(11,17)18/h4-6H,2-3H2,1H3,(H,12,14)(H2,11,17,18). The van der Waals surface area contributed by atoms with Gasteiger partial charge in [-0.1, -0.05) is 0 Å². The van der Waals surface area contributed by atoms with E-state index in [9.17, 15) is 23.3 Å². The van der Waals surface area contributed by atoms with Crippen molar-refractivity contribution in [2.45, 2.75) is 4.90 Å². The van der Waals surface area contributed by atoms with Crippen molar-refractivity contribution in [2.24, 2.45) is 5.14 Å². The van der Waals surface area contributed by atoms with Crippen LogP contribution in [0.25, 0.3) is 0 Å². The molecule has 10 heteroatoms. The Bertz CT molecular complexity index is 628. The molecule has 3 N–H and O–H groups in total. The van der Waals surface area contributed by atoms with E-state index < -0.39 is 31.4 Å². The summed E-state index contributed by atoms with van der Waals surface area (Å²) >= 11 is 0.